The maximum Gasteiger partial charge on any atom is 0.321 e. The number of unbranched alkanes of at least 4 members (excludes halogenated alkanes) is 1. The Morgan fingerprint density at radius 3 is 2.84 bits per heavy atom. The van der Waals surface area contributed by atoms with Crippen LogP contribution in [0.15, 0.2) is 30.5 Å². The average molecular weight is 515 g/mol. The smallest absolute Gasteiger partial charge is 0.321 e. The number of halogens is 2. The summed E-state index contributed by atoms with van der Waals surface area (Å²) in [5.41, 5.74) is 0.509. The molecular weight excluding hydrogens is 482 g/mol. The number of rotatable bonds is 6. The Hall–Kier alpha value is -3.71. The van der Waals surface area contributed by atoms with Crippen LogP contribution in [0.25, 0.3) is 0 Å². The molecule has 1 aromatic heterocycles. The second-order valence-electron chi connectivity index (χ2n) is 9.19. The highest BCUT2D eigenvalue weighted by atomic mass is 19.1. The molecule has 0 fully saturated rings. The number of carbonyl (C=O) groups is 2. The van der Waals surface area contributed by atoms with Gasteiger partial charge in [-0.3, -0.25) is 4.79 Å². The predicted octanol–water partition coefficient (Wildman–Crippen LogP) is 3.90. The van der Waals surface area contributed by atoms with E-state index in [1.54, 1.807) is 17.9 Å². The van der Waals surface area contributed by atoms with Crippen molar-refractivity contribution >= 4 is 17.6 Å². The number of amides is 3. The van der Waals surface area contributed by atoms with E-state index in [0.717, 1.165) is 24.6 Å². The van der Waals surface area contributed by atoms with Gasteiger partial charge in [0, 0.05) is 43.8 Å². The number of benzene rings is 1. The van der Waals surface area contributed by atoms with E-state index < -0.39 is 29.8 Å². The lowest BCUT2D eigenvalue weighted by atomic mass is 10.00. The summed E-state index contributed by atoms with van der Waals surface area (Å²) in [6.45, 7) is 5.72. The number of nitrogens with zero attached hydrogens (tertiary/aromatic N) is 3. The molecule has 3 atom stereocenters. The molecule has 37 heavy (non-hydrogen) atoms. The molecule has 2 N–H and O–H groups in total. The second-order valence-corrected chi connectivity index (χ2v) is 9.19. The molecule has 0 saturated carbocycles. The van der Waals surface area contributed by atoms with Crippen molar-refractivity contribution in [2.45, 2.75) is 45.8 Å². The number of aromatic nitrogens is 1. The quantitative estimate of drug-likeness (QED) is 0.571. The summed E-state index contributed by atoms with van der Waals surface area (Å²) >= 11 is 0. The largest absolute Gasteiger partial charge is 0.472 e. The maximum absolute atomic E-state index is 14.0. The number of pyridine rings is 1. The summed E-state index contributed by atoms with van der Waals surface area (Å²) < 4.78 is 33.7. The van der Waals surface area contributed by atoms with Gasteiger partial charge in [0.1, 0.15) is 23.3 Å². The first-order valence-electron chi connectivity index (χ1n) is 12.2. The molecule has 8 nitrogen and oxygen atoms in total. The van der Waals surface area contributed by atoms with Gasteiger partial charge in [0.15, 0.2) is 0 Å². The van der Waals surface area contributed by atoms with Crippen LogP contribution < -0.4 is 10.1 Å². The van der Waals surface area contributed by atoms with Crippen molar-refractivity contribution in [3.63, 3.8) is 0 Å². The Labute approximate surface area is 215 Å². The molecule has 0 spiro atoms. The molecule has 3 amide bonds. The van der Waals surface area contributed by atoms with Crippen LogP contribution in [-0.4, -0.2) is 70.7 Å². The third-order valence-corrected chi connectivity index (χ3v) is 6.10. The molecule has 3 rings (SSSR count). The second kappa shape index (κ2) is 12.5. The van der Waals surface area contributed by atoms with Crippen LogP contribution in [0.2, 0.25) is 0 Å². The molecule has 198 valence electrons. The topological polar surface area (TPSA) is 95.0 Å². The minimum absolute atomic E-state index is 0.0681. The van der Waals surface area contributed by atoms with Crippen molar-refractivity contribution in [2.75, 3.05) is 32.1 Å². The monoisotopic (exact) mass is 514 g/mol. The van der Waals surface area contributed by atoms with Crippen molar-refractivity contribution in [2.24, 2.45) is 5.92 Å². The summed E-state index contributed by atoms with van der Waals surface area (Å²) in [5.74, 6) is 4.09. The van der Waals surface area contributed by atoms with E-state index >= 15 is 0 Å². The molecule has 1 aliphatic heterocycles. The van der Waals surface area contributed by atoms with E-state index in [9.17, 15) is 23.5 Å². The fraction of sp³-hybridized carbons (Fsp3) is 0.444. The lowest BCUT2D eigenvalue weighted by molar-refractivity contribution is 0.0356. The fourth-order valence-corrected chi connectivity index (χ4v) is 3.83. The van der Waals surface area contributed by atoms with Gasteiger partial charge in [-0.1, -0.05) is 25.7 Å². The normalized spacial score (nSPS) is 17.9. The van der Waals surface area contributed by atoms with Crippen LogP contribution in [0, 0.1) is 29.4 Å². The van der Waals surface area contributed by atoms with E-state index in [1.165, 1.54) is 18.1 Å². The number of hydrogen-bond acceptors (Lipinski definition) is 5. The van der Waals surface area contributed by atoms with Gasteiger partial charge in [-0.25, -0.2) is 18.6 Å². The average Bonchev–Trinajstić information content (AvgIpc) is 2.88. The Kier molecular flexibility index (Phi) is 9.42. The third kappa shape index (κ3) is 6.95. The van der Waals surface area contributed by atoms with Crippen LogP contribution in [-0.2, 0) is 0 Å². The van der Waals surface area contributed by atoms with E-state index in [4.69, 9.17) is 4.74 Å². The summed E-state index contributed by atoms with van der Waals surface area (Å²) in [6, 6.07) is 3.30. The number of likely N-dealkylation sites (N-methyl/N-ethyl adjacent to an activating group) is 1. The first kappa shape index (κ1) is 27.9. The Balaban J connectivity index is 1.88. The van der Waals surface area contributed by atoms with E-state index in [0.29, 0.717) is 12.0 Å². The molecule has 0 saturated heterocycles. The highest BCUT2D eigenvalue weighted by Gasteiger charge is 2.34. The molecule has 2 aromatic rings. The third-order valence-electron chi connectivity index (χ3n) is 6.10. The fourth-order valence-electron chi connectivity index (χ4n) is 3.83. The molecule has 1 aliphatic rings. The molecule has 0 radical (unpaired) electrons. The van der Waals surface area contributed by atoms with Gasteiger partial charge in [0.25, 0.3) is 5.91 Å². The highest BCUT2D eigenvalue weighted by molar-refractivity contribution is 5.97. The van der Waals surface area contributed by atoms with Crippen LogP contribution >= 0.6 is 0 Å². The van der Waals surface area contributed by atoms with Gasteiger partial charge in [-0.2, -0.15) is 0 Å². The number of ether oxygens (including phenoxy) is 1. The lowest BCUT2D eigenvalue weighted by Gasteiger charge is -2.37. The van der Waals surface area contributed by atoms with Crippen LogP contribution in [0.1, 0.15) is 49.5 Å². The minimum Gasteiger partial charge on any atom is -0.472 e. The molecule has 0 aliphatic carbocycles. The number of carbonyl (C=O) groups excluding carboxylic acids is 2. The van der Waals surface area contributed by atoms with Crippen LogP contribution in [0.5, 0.6) is 5.88 Å². The summed E-state index contributed by atoms with van der Waals surface area (Å²) in [7, 11) is 1.50. The zero-order valence-electron chi connectivity index (χ0n) is 21.4. The number of aliphatic hydroxyl groups is 1. The van der Waals surface area contributed by atoms with Gasteiger partial charge >= 0.3 is 6.03 Å². The molecular formula is C27H32F2N4O4. The van der Waals surface area contributed by atoms with Crippen molar-refractivity contribution in [3.8, 4) is 17.7 Å². The number of fused-ring (bicyclic) bond motifs is 1. The summed E-state index contributed by atoms with van der Waals surface area (Å²) in [6.07, 6.45) is 2.55. The van der Waals surface area contributed by atoms with Crippen LogP contribution in [0.3, 0.4) is 0 Å². The molecule has 10 heteroatoms. The summed E-state index contributed by atoms with van der Waals surface area (Å²) in [4.78, 5) is 33.4. The number of aliphatic hydroxyl groups excluding tert-OH is 1. The Bertz CT molecular complexity index is 1200. The van der Waals surface area contributed by atoms with Crippen LogP contribution in [0.4, 0.5) is 19.3 Å². The van der Waals surface area contributed by atoms with E-state index in [-0.39, 0.29) is 48.7 Å². The van der Waals surface area contributed by atoms with Crippen molar-refractivity contribution in [3.05, 3.63) is 53.2 Å². The Morgan fingerprint density at radius 1 is 1.38 bits per heavy atom. The predicted molar refractivity (Wildman–Crippen MR) is 135 cm³/mol. The molecule has 1 aromatic carbocycles. The van der Waals surface area contributed by atoms with Gasteiger partial charge in [-0.05, 0) is 31.5 Å². The number of hydrogen-bond donors (Lipinski definition) is 2. The molecule has 0 unspecified atom stereocenters. The molecule has 0 bridgehead atoms. The zero-order valence-corrected chi connectivity index (χ0v) is 21.4. The first-order chi connectivity index (χ1) is 17.6. The van der Waals surface area contributed by atoms with Gasteiger partial charge in [-0.15, -0.1) is 0 Å². The van der Waals surface area contributed by atoms with Gasteiger partial charge < -0.3 is 25.0 Å². The van der Waals surface area contributed by atoms with Crippen molar-refractivity contribution in [1.82, 2.24) is 14.8 Å². The van der Waals surface area contributed by atoms with Gasteiger partial charge in [0.2, 0.25) is 5.88 Å². The number of urea groups is 1. The van der Waals surface area contributed by atoms with E-state index in [1.807, 2.05) is 13.8 Å². The SMILES string of the molecule is CCCC#Cc1cnc2c(c1)C(=O)N([C@H](C)CO)C[C@@H](C)[C@H](CN(C)C(=O)Nc1cc(F)ccc1F)O2. The standard InChI is InChI=1S/C27H32F2N4O4/c1-5-6-7-8-19-11-21-25(30-13-19)37-24(17(2)14-33(26(21)35)18(3)16-34)15-32(4)27(36)31-23-12-20(28)9-10-22(23)29/h9-13,17-18,24,34H,5-6,14-16H2,1-4H3,(H,31,36)/t17-,18-,24+/m1/s1. The highest BCUT2D eigenvalue weighted by Crippen LogP contribution is 2.27. The maximum atomic E-state index is 14.0. The Morgan fingerprint density at radius 2 is 2.14 bits per heavy atom. The van der Waals surface area contributed by atoms with Gasteiger partial charge in [0.05, 0.1) is 24.9 Å². The van der Waals surface area contributed by atoms with Crippen molar-refractivity contribution in [1.29, 1.82) is 0 Å². The zero-order chi connectivity index (χ0) is 27.1. The number of anilines is 1. The lowest BCUT2D eigenvalue weighted by Crippen LogP contribution is -2.50. The van der Waals surface area contributed by atoms with Crippen molar-refractivity contribution < 1.29 is 28.2 Å². The first-order valence-corrected chi connectivity index (χ1v) is 12.2. The minimum atomic E-state index is -0.762. The summed E-state index contributed by atoms with van der Waals surface area (Å²) in [5, 5.41) is 12.1. The number of nitrogens with one attached hydrogen (secondary N) is 1. The van der Waals surface area contributed by atoms with E-state index in [2.05, 4.69) is 22.1 Å². The molecule has 2 heterocycles.